The second-order valence-electron chi connectivity index (χ2n) is 14.2. The van der Waals surface area contributed by atoms with E-state index < -0.39 is 64.5 Å². The van der Waals surface area contributed by atoms with Gasteiger partial charge in [-0.25, -0.2) is 4.57 Å². The number of allylic oxidation sites excluding steroid dienone is 17. The highest BCUT2D eigenvalue weighted by Crippen LogP contribution is 2.43. The monoisotopic (exact) mass is 861 g/mol. The van der Waals surface area contributed by atoms with Crippen LogP contribution in [0.4, 0.5) is 0 Å². The Kier molecular flexibility index (Phi) is 39.9. The number of hydrogen-bond donors (Lipinski definition) is 4. The van der Waals surface area contributed by atoms with Crippen LogP contribution >= 0.6 is 7.82 Å². The van der Waals surface area contributed by atoms with Crippen molar-refractivity contribution in [2.75, 3.05) is 26.4 Å². The number of carbonyl (C=O) groups is 2. The second kappa shape index (κ2) is 42.3. The number of carbonyl (C=O) groups excluding carboxylic acids is 2. The summed E-state index contributed by atoms with van der Waals surface area (Å²) in [5.41, 5.74) is 0. The standard InChI is InChI=1S/C48H77O11P/c1-3-5-7-9-11-13-15-17-18-19-20-21-22-24-26-28-30-32-34-38-47(52)56-42-46(43-58-60(54,55)57-41-45(51)40-49)59-48(53)39-35-37-44(50)36-33-31-29-27-25-23-16-14-12-10-8-6-4-2/h5,7,11,13,17-18,20-21,23-26,29-33,36,44-46,49-51H,3-4,6,8-10,12,14-16,19,22,27-28,34-35,37-43H2,1-2H3,(H,54,55)/b7-5-,13-11-,18-17-,21-20-,25-23+,26-24-,31-29+,32-30-,36-33+/t44?,45-,46+/m0/s1. The Labute approximate surface area is 361 Å². The van der Waals surface area contributed by atoms with Crippen molar-refractivity contribution in [3.05, 3.63) is 109 Å². The van der Waals surface area contributed by atoms with Crippen LogP contribution < -0.4 is 0 Å². The molecule has 0 aromatic heterocycles. The molecular weight excluding hydrogens is 783 g/mol. The van der Waals surface area contributed by atoms with Crippen LogP contribution in [0, 0.1) is 0 Å². The van der Waals surface area contributed by atoms with E-state index in [-0.39, 0.29) is 12.8 Å². The average molecular weight is 861 g/mol. The number of phosphoric acid groups is 1. The number of esters is 2. The molecule has 2 unspecified atom stereocenters. The molecule has 0 radical (unpaired) electrons. The van der Waals surface area contributed by atoms with E-state index in [1.165, 1.54) is 38.5 Å². The molecule has 11 nitrogen and oxygen atoms in total. The van der Waals surface area contributed by atoms with Gasteiger partial charge >= 0.3 is 19.8 Å². The molecule has 0 saturated heterocycles. The van der Waals surface area contributed by atoms with Gasteiger partial charge in [-0.3, -0.25) is 18.6 Å². The van der Waals surface area contributed by atoms with Crippen molar-refractivity contribution in [3.8, 4) is 0 Å². The molecule has 0 aliphatic heterocycles. The van der Waals surface area contributed by atoms with Gasteiger partial charge in [-0.1, -0.05) is 155 Å². The van der Waals surface area contributed by atoms with Gasteiger partial charge in [0.05, 0.1) is 25.9 Å². The van der Waals surface area contributed by atoms with E-state index in [2.05, 4.69) is 85.2 Å². The highest BCUT2D eigenvalue weighted by Gasteiger charge is 2.27. The van der Waals surface area contributed by atoms with E-state index in [1.807, 2.05) is 30.4 Å². The van der Waals surface area contributed by atoms with Crippen molar-refractivity contribution in [1.29, 1.82) is 0 Å². The van der Waals surface area contributed by atoms with Gasteiger partial charge in [0.15, 0.2) is 6.10 Å². The van der Waals surface area contributed by atoms with E-state index in [0.29, 0.717) is 19.3 Å². The molecule has 0 spiro atoms. The number of hydrogen-bond acceptors (Lipinski definition) is 10. The Bertz CT molecular complexity index is 1380. The maximum Gasteiger partial charge on any atom is 0.472 e. The Hall–Kier alpha value is -3.41. The lowest BCUT2D eigenvalue weighted by Crippen LogP contribution is -2.30. The van der Waals surface area contributed by atoms with E-state index in [4.69, 9.17) is 19.1 Å². The van der Waals surface area contributed by atoms with Gasteiger partial charge in [-0.05, 0) is 77.0 Å². The summed E-state index contributed by atoms with van der Waals surface area (Å²) in [7, 11) is -4.70. The normalized spacial score (nSPS) is 15.4. The quantitative estimate of drug-likeness (QED) is 0.0153. The number of ether oxygens (including phenoxy) is 2. The van der Waals surface area contributed by atoms with E-state index in [1.54, 1.807) is 12.2 Å². The van der Waals surface area contributed by atoms with Crippen LogP contribution in [0.2, 0.25) is 0 Å². The molecular formula is C48H77O11P. The molecule has 0 bridgehead atoms. The maximum atomic E-state index is 12.6. The summed E-state index contributed by atoms with van der Waals surface area (Å²) in [5.74, 6) is -1.23. The molecule has 0 heterocycles. The third kappa shape index (κ3) is 41.3. The number of aliphatic hydroxyl groups excluding tert-OH is 3. The van der Waals surface area contributed by atoms with Gasteiger partial charge in [0.2, 0.25) is 0 Å². The topological polar surface area (TPSA) is 169 Å². The molecule has 0 rings (SSSR count). The summed E-state index contributed by atoms with van der Waals surface area (Å²) in [6.07, 6.45) is 49.6. The lowest BCUT2D eigenvalue weighted by atomic mass is 10.1. The predicted octanol–water partition coefficient (Wildman–Crippen LogP) is 10.7. The molecule has 4 N–H and O–H groups in total. The first-order valence-electron chi connectivity index (χ1n) is 22.0. The molecule has 0 aromatic carbocycles. The average Bonchev–Trinajstić information content (AvgIpc) is 3.23. The molecule has 0 aromatic rings. The number of rotatable bonds is 39. The predicted molar refractivity (Wildman–Crippen MR) is 243 cm³/mol. The Morgan fingerprint density at radius 1 is 0.583 bits per heavy atom. The van der Waals surface area contributed by atoms with Crippen LogP contribution in [-0.4, -0.2) is 76.9 Å². The summed E-state index contributed by atoms with van der Waals surface area (Å²) in [6.45, 7) is 1.93. The van der Waals surface area contributed by atoms with E-state index in [9.17, 15) is 29.3 Å². The zero-order valence-corrected chi connectivity index (χ0v) is 37.4. The van der Waals surface area contributed by atoms with Gasteiger partial charge in [0.1, 0.15) is 12.7 Å². The van der Waals surface area contributed by atoms with Crippen LogP contribution in [0.5, 0.6) is 0 Å². The van der Waals surface area contributed by atoms with Gasteiger partial charge in [0.25, 0.3) is 0 Å². The Morgan fingerprint density at radius 2 is 1.12 bits per heavy atom. The number of unbranched alkanes of at least 4 members (excludes halogenated alkanes) is 6. The first-order chi connectivity index (χ1) is 29.1. The van der Waals surface area contributed by atoms with Crippen LogP contribution in [-0.2, 0) is 32.7 Å². The molecule has 0 amide bonds. The lowest BCUT2D eigenvalue weighted by Gasteiger charge is -2.20. The van der Waals surface area contributed by atoms with Crippen molar-refractivity contribution in [2.24, 2.45) is 0 Å². The van der Waals surface area contributed by atoms with Crippen LogP contribution in [0.3, 0.4) is 0 Å². The zero-order chi connectivity index (χ0) is 44.2. The van der Waals surface area contributed by atoms with Crippen LogP contribution in [0.1, 0.15) is 136 Å². The molecule has 0 saturated carbocycles. The SMILES string of the molecule is CC/C=C\C/C=C\C/C=C\C/C=C\C/C=C\C/C=C\CCC(=O)OC[C@H](COP(=O)(O)OC[C@@H](O)CO)OC(=O)CCCC(O)/C=C/C=C/C/C=C/CCCCCCCC. The number of phosphoric ester groups is 1. The van der Waals surface area contributed by atoms with Gasteiger partial charge in [-0.2, -0.15) is 0 Å². The minimum absolute atomic E-state index is 0.0623. The van der Waals surface area contributed by atoms with Crippen molar-refractivity contribution in [3.63, 3.8) is 0 Å². The van der Waals surface area contributed by atoms with Crippen molar-refractivity contribution in [1.82, 2.24) is 0 Å². The smallest absolute Gasteiger partial charge is 0.462 e. The first kappa shape index (κ1) is 56.6. The molecule has 0 aliphatic carbocycles. The summed E-state index contributed by atoms with van der Waals surface area (Å²) in [6, 6.07) is 0. The molecule has 12 heteroatoms. The second-order valence-corrected chi connectivity index (χ2v) is 15.6. The van der Waals surface area contributed by atoms with Crippen molar-refractivity contribution >= 4 is 19.8 Å². The molecule has 4 atom stereocenters. The zero-order valence-electron chi connectivity index (χ0n) is 36.5. The lowest BCUT2D eigenvalue weighted by molar-refractivity contribution is -0.161. The highest BCUT2D eigenvalue weighted by atomic mass is 31.2. The minimum Gasteiger partial charge on any atom is -0.462 e. The molecule has 0 fully saturated rings. The fraction of sp³-hybridized carbons (Fsp3) is 0.583. The highest BCUT2D eigenvalue weighted by molar-refractivity contribution is 7.47. The molecule has 340 valence electrons. The van der Waals surface area contributed by atoms with Gasteiger partial charge in [0, 0.05) is 12.8 Å². The maximum absolute atomic E-state index is 12.6. The van der Waals surface area contributed by atoms with Gasteiger partial charge < -0.3 is 29.7 Å². The third-order valence-electron chi connectivity index (χ3n) is 8.53. The number of aliphatic hydroxyl groups is 3. The fourth-order valence-corrected chi connectivity index (χ4v) is 5.93. The van der Waals surface area contributed by atoms with Crippen molar-refractivity contribution < 1.29 is 52.9 Å². The van der Waals surface area contributed by atoms with E-state index in [0.717, 1.165) is 51.4 Å². The van der Waals surface area contributed by atoms with Crippen LogP contribution in [0.15, 0.2) is 109 Å². The minimum atomic E-state index is -4.70. The summed E-state index contributed by atoms with van der Waals surface area (Å²) < 4.78 is 32.5. The largest absolute Gasteiger partial charge is 0.472 e. The molecule has 60 heavy (non-hydrogen) atoms. The molecule has 0 aliphatic rings. The van der Waals surface area contributed by atoms with Gasteiger partial charge in [-0.15, -0.1) is 0 Å². The first-order valence-corrected chi connectivity index (χ1v) is 23.4. The summed E-state index contributed by atoms with van der Waals surface area (Å²) in [4.78, 5) is 35.0. The van der Waals surface area contributed by atoms with E-state index >= 15 is 0 Å². The Balaban J connectivity index is 4.62. The van der Waals surface area contributed by atoms with Crippen LogP contribution in [0.25, 0.3) is 0 Å². The summed E-state index contributed by atoms with van der Waals surface area (Å²) >= 11 is 0. The Morgan fingerprint density at radius 3 is 1.72 bits per heavy atom. The fourth-order valence-electron chi connectivity index (χ4n) is 5.14. The third-order valence-corrected chi connectivity index (χ3v) is 9.48. The van der Waals surface area contributed by atoms with Crippen molar-refractivity contribution in [2.45, 2.75) is 154 Å². The summed E-state index contributed by atoms with van der Waals surface area (Å²) in [5, 5.41) is 28.6.